The fourth-order valence-corrected chi connectivity index (χ4v) is 8.56. The quantitative estimate of drug-likeness (QED) is 0.156. The number of nitrogens with zero attached hydrogens (tertiary/aromatic N) is 5. The van der Waals surface area contributed by atoms with E-state index in [0.717, 1.165) is 72.4 Å². The van der Waals surface area contributed by atoms with E-state index in [-0.39, 0.29) is 26.5 Å². The number of benzene rings is 7. The predicted molar refractivity (Wildman–Crippen MR) is 242 cm³/mol. The van der Waals surface area contributed by atoms with Crippen LogP contribution in [-0.4, -0.2) is 14.1 Å². The molecule has 0 spiro atoms. The summed E-state index contributed by atoms with van der Waals surface area (Å²) < 4.78 is 11.3. The summed E-state index contributed by atoms with van der Waals surface area (Å²) in [4.78, 5) is 9.53. The molecule has 1 aliphatic heterocycles. The maximum Gasteiger partial charge on any atom is 0.137 e. The first kappa shape index (κ1) is 37.6. The Balaban J connectivity index is 0.00000433. The van der Waals surface area contributed by atoms with E-state index in [1.807, 2.05) is 12.3 Å². The molecule has 0 unspecified atom stereocenters. The third-order valence-electron chi connectivity index (χ3n) is 11.6. The van der Waals surface area contributed by atoms with Crippen molar-refractivity contribution in [3.05, 3.63) is 188 Å². The summed E-state index contributed by atoms with van der Waals surface area (Å²) in [5, 5.41) is 4.54. The van der Waals surface area contributed by atoms with Gasteiger partial charge in [-0.15, -0.1) is 53.6 Å². The zero-order valence-corrected chi connectivity index (χ0v) is 35.9. The molecule has 7 heteroatoms. The summed E-state index contributed by atoms with van der Waals surface area (Å²) in [6.07, 6.45) is 2.00. The van der Waals surface area contributed by atoms with E-state index in [0.29, 0.717) is 11.5 Å². The number of anilines is 4. The Labute approximate surface area is 364 Å². The third kappa shape index (κ3) is 6.26. The van der Waals surface area contributed by atoms with Crippen molar-refractivity contribution >= 4 is 66.4 Å². The van der Waals surface area contributed by atoms with Gasteiger partial charge >= 0.3 is 0 Å². The van der Waals surface area contributed by atoms with Crippen molar-refractivity contribution in [3.8, 4) is 28.4 Å². The Morgan fingerprint density at radius 2 is 1.27 bits per heavy atom. The molecule has 0 radical (unpaired) electrons. The van der Waals surface area contributed by atoms with Crippen LogP contribution in [-0.2, 0) is 33.5 Å². The topological polar surface area (TPSA) is 38.5 Å². The second-order valence-electron chi connectivity index (χ2n) is 16.3. The van der Waals surface area contributed by atoms with Crippen LogP contribution in [0.5, 0.6) is 11.5 Å². The van der Waals surface area contributed by atoms with E-state index in [1.54, 1.807) is 0 Å². The van der Waals surface area contributed by atoms with Crippen LogP contribution in [0, 0.1) is 18.8 Å². The molecule has 11 rings (SSSR count). The van der Waals surface area contributed by atoms with Gasteiger partial charge in [0.25, 0.3) is 0 Å². The number of fused-ring (bicyclic) bond motifs is 7. The number of aryl methyl sites for hydroxylation is 1. The minimum Gasteiger partial charge on any atom is -0.509 e. The summed E-state index contributed by atoms with van der Waals surface area (Å²) in [6, 6.07) is 62.7. The average molecular weight is 958 g/mol. The van der Waals surface area contributed by atoms with Crippen LogP contribution in [0.25, 0.3) is 60.6 Å². The molecule has 7 aromatic carbocycles. The van der Waals surface area contributed by atoms with Gasteiger partial charge in [0.15, 0.2) is 0 Å². The molecule has 0 amide bonds. The first-order chi connectivity index (χ1) is 28.8. The van der Waals surface area contributed by atoms with Crippen LogP contribution in [0.15, 0.2) is 164 Å². The molecule has 6 nitrogen and oxygen atoms in total. The van der Waals surface area contributed by atoms with Crippen molar-refractivity contribution in [2.24, 2.45) is 7.05 Å². The third-order valence-corrected chi connectivity index (χ3v) is 11.6. The molecule has 0 saturated carbocycles. The first-order valence-corrected chi connectivity index (χ1v) is 20.0. The van der Waals surface area contributed by atoms with Gasteiger partial charge in [-0.1, -0.05) is 117 Å². The molecule has 4 heterocycles. The van der Waals surface area contributed by atoms with Crippen LogP contribution in [0.4, 0.5) is 22.7 Å². The van der Waals surface area contributed by atoms with Gasteiger partial charge in [-0.3, -0.25) is 0 Å². The minimum absolute atomic E-state index is 0. The SMILES string of the molecule is Cn1c2ccccc2c2cnc(-n3c4[c-]c(Oc5[c-]c(N6[CH-]N(c7ccccc7)c7cc(-c8ccccc8)ccc76)cc(C(C)(C)C)c5)ccc4c4ccccc43)cc21.[Pt]. The molecule has 0 N–H and O–H groups in total. The first-order valence-electron chi connectivity index (χ1n) is 20.0. The molecule has 0 fully saturated rings. The van der Waals surface area contributed by atoms with Crippen molar-refractivity contribution in [2.75, 3.05) is 9.80 Å². The number of rotatable bonds is 6. The summed E-state index contributed by atoms with van der Waals surface area (Å²) in [6.45, 7) is 8.86. The summed E-state index contributed by atoms with van der Waals surface area (Å²) in [5.74, 6) is 2.05. The molecular weight excluding hydrogens is 918 g/mol. The molecular formula is C53H40N5OPt-3. The van der Waals surface area contributed by atoms with Gasteiger partial charge in [0.05, 0.1) is 5.52 Å². The van der Waals surface area contributed by atoms with Crippen molar-refractivity contribution < 1.29 is 25.8 Å². The molecule has 10 aromatic rings. The van der Waals surface area contributed by atoms with Crippen molar-refractivity contribution in [1.29, 1.82) is 0 Å². The normalized spacial score (nSPS) is 12.7. The van der Waals surface area contributed by atoms with E-state index in [9.17, 15) is 0 Å². The number of pyridine rings is 1. The van der Waals surface area contributed by atoms with E-state index in [4.69, 9.17) is 9.72 Å². The van der Waals surface area contributed by atoms with Crippen LogP contribution in [0.1, 0.15) is 26.3 Å². The summed E-state index contributed by atoms with van der Waals surface area (Å²) in [5.41, 5.74) is 11.7. The van der Waals surface area contributed by atoms with E-state index in [2.05, 4.69) is 217 Å². The maximum atomic E-state index is 6.81. The second kappa shape index (κ2) is 14.6. The summed E-state index contributed by atoms with van der Waals surface area (Å²) >= 11 is 0. The number of aromatic nitrogens is 3. The molecule has 60 heavy (non-hydrogen) atoms. The minimum atomic E-state index is -0.160. The fraction of sp³-hybridized carbons (Fsp3) is 0.0943. The molecule has 296 valence electrons. The smallest absolute Gasteiger partial charge is 0.137 e. The fourth-order valence-electron chi connectivity index (χ4n) is 8.56. The van der Waals surface area contributed by atoms with Gasteiger partial charge < -0.3 is 23.7 Å². The van der Waals surface area contributed by atoms with Gasteiger partial charge in [0.2, 0.25) is 0 Å². The van der Waals surface area contributed by atoms with Crippen LogP contribution in [0.3, 0.4) is 0 Å². The number of hydrogen-bond acceptors (Lipinski definition) is 4. The van der Waals surface area contributed by atoms with Crippen molar-refractivity contribution in [1.82, 2.24) is 14.1 Å². The number of ether oxygens (including phenoxy) is 1. The Morgan fingerprint density at radius 3 is 2.03 bits per heavy atom. The van der Waals surface area contributed by atoms with Gasteiger partial charge in [-0.05, 0) is 58.3 Å². The molecule has 3 aromatic heterocycles. The zero-order chi connectivity index (χ0) is 39.8. The van der Waals surface area contributed by atoms with Crippen LogP contribution < -0.4 is 14.5 Å². The average Bonchev–Trinajstić information content (AvgIpc) is 3.91. The predicted octanol–water partition coefficient (Wildman–Crippen LogP) is 13.6. The Morgan fingerprint density at radius 1 is 0.567 bits per heavy atom. The standard InChI is InChI=1S/C53H40N5O.Pt/c1-53(2,3)37-28-39(57-34-56(38-17-9-6-10-18-38)51-27-36(23-26-48(51)57)35-15-7-5-8-16-35)30-41(29-37)59-40-24-25-44-42-19-12-14-22-47(42)58(50(44)31-40)52-32-49-45(33-54-52)43-20-11-13-21-46(43)55(49)4;/h5-29,32-34H,1-4H3;/q-3;. The Hall–Kier alpha value is -6.62. The van der Waals surface area contributed by atoms with Crippen LogP contribution in [0.2, 0.25) is 0 Å². The van der Waals surface area contributed by atoms with Gasteiger partial charge in [0, 0.05) is 90.7 Å². The summed E-state index contributed by atoms with van der Waals surface area (Å²) in [7, 11) is 2.12. The van der Waals surface area contributed by atoms with Gasteiger partial charge in [-0.2, -0.15) is 6.07 Å². The zero-order valence-electron chi connectivity index (χ0n) is 33.6. The maximum absolute atomic E-state index is 6.81. The second-order valence-corrected chi connectivity index (χ2v) is 16.3. The molecule has 0 bridgehead atoms. The Bertz CT molecular complexity index is 3240. The van der Waals surface area contributed by atoms with Crippen molar-refractivity contribution in [3.63, 3.8) is 0 Å². The number of hydrogen-bond donors (Lipinski definition) is 0. The number of para-hydroxylation sites is 3. The monoisotopic (exact) mass is 957 g/mol. The van der Waals surface area contributed by atoms with E-state index >= 15 is 0 Å². The van der Waals surface area contributed by atoms with Crippen LogP contribution >= 0.6 is 0 Å². The molecule has 0 saturated heterocycles. The molecule has 1 aliphatic rings. The van der Waals surface area contributed by atoms with Gasteiger partial charge in [-0.25, -0.2) is 4.98 Å². The van der Waals surface area contributed by atoms with E-state index in [1.165, 1.54) is 16.5 Å². The van der Waals surface area contributed by atoms with E-state index < -0.39 is 0 Å². The molecule has 0 atom stereocenters. The van der Waals surface area contributed by atoms with Gasteiger partial charge in [0.1, 0.15) is 5.82 Å². The molecule has 0 aliphatic carbocycles. The van der Waals surface area contributed by atoms with Crippen molar-refractivity contribution in [2.45, 2.75) is 26.2 Å². The largest absolute Gasteiger partial charge is 0.509 e. The Kier molecular flexibility index (Phi) is 9.15.